The molecule has 0 aromatic heterocycles. The van der Waals surface area contributed by atoms with E-state index in [1.807, 2.05) is 6.08 Å². The van der Waals surface area contributed by atoms with Gasteiger partial charge < -0.3 is 0 Å². The van der Waals surface area contributed by atoms with Crippen LogP contribution in [-0.2, 0) is 4.79 Å². The lowest BCUT2D eigenvalue weighted by molar-refractivity contribution is -0.120. The standard InChI is InChI=1S/C8H9ClO/c9-4-5-3-7-6(5)1-2-8(7)10/h3,6-7H,1-2,4H2/t6-,7+/m0/s1. The zero-order valence-electron chi connectivity index (χ0n) is 5.64. The van der Waals surface area contributed by atoms with Crippen LogP contribution in [0.15, 0.2) is 11.6 Å². The lowest BCUT2D eigenvalue weighted by Gasteiger charge is -2.27. The molecule has 1 saturated carbocycles. The fourth-order valence-electron chi connectivity index (χ4n) is 1.87. The molecule has 0 amide bonds. The van der Waals surface area contributed by atoms with Crippen LogP contribution < -0.4 is 0 Å². The van der Waals surface area contributed by atoms with Crippen LogP contribution in [0.5, 0.6) is 0 Å². The molecule has 2 atom stereocenters. The van der Waals surface area contributed by atoms with Crippen LogP contribution in [0.2, 0.25) is 0 Å². The Morgan fingerprint density at radius 1 is 1.70 bits per heavy atom. The number of rotatable bonds is 1. The lowest BCUT2D eigenvalue weighted by atomic mass is 9.78. The molecule has 0 saturated heterocycles. The number of hydrogen-bond donors (Lipinski definition) is 0. The first-order chi connectivity index (χ1) is 4.83. The van der Waals surface area contributed by atoms with Crippen molar-refractivity contribution in [3.8, 4) is 0 Å². The van der Waals surface area contributed by atoms with Gasteiger partial charge in [0, 0.05) is 18.2 Å². The smallest absolute Gasteiger partial charge is 0.140 e. The van der Waals surface area contributed by atoms with Gasteiger partial charge in [-0.2, -0.15) is 0 Å². The van der Waals surface area contributed by atoms with Crippen molar-refractivity contribution in [1.82, 2.24) is 0 Å². The molecule has 0 heterocycles. The molecule has 0 unspecified atom stereocenters. The Labute approximate surface area is 65.1 Å². The summed E-state index contributed by atoms with van der Waals surface area (Å²) in [6, 6.07) is 0. The average molecular weight is 157 g/mol. The molecule has 2 aliphatic carbocycles. The first kappa shape index (κ1) is 6.41. The number of hydrogen-bond acceptors (Lipinski definition) is 1. The number of Topliss-reactive ketones (excluding diaryl/α,β-unsaturated/α-hetero) is 1. The second-order valence-corrected chi connectivity index (χ2v) is 3.28. The number of carbonyl (C=O) groups excluding carboxylic acids is 1. The SMILES string of the molecule is O=C1CC[C@H]2C(CCl)=C[C@@H]12. The van der Waals surface area contributed by atoms with E-state index < -0.39 is 0 Å². The van der Waals surface area contributed by atoms with Gasteiger partial charge in [0.05, 0.1) is 0 Å². The molecule has 54 valence electrons. The fraction of sp³-hybridized carbons (Fsp3) is 0.625. The van der Waals surface area contributed by atoms with E-state index in [1.54, 1.807) is 0 Å². The van der Waals surface area contributed by atoms with Crippen molar-refractivity contribution in [3.63, 3.8) is 0 Å². The molecule has 0 aromatic rings. The van der Waals surface area contributed by atoms with Crippen LogP contribution in [0.4, 0.5) is 0 Å². The second kappa shape index (κ2) is 2.09. The number of fused-ring (bicyclic) bond motifs is 1. The highest BCUT2D eigenvalue weighted by molar-refractivity contribution is 6.19. The van der Waals surface area contributed by atoms with Gasteiger partial charge in [0.2, 0.25) is 0 Å². The summed E-state index contributed by atoms with van der Waals surface area (Å²) in [5.74, 6) is 1.83. The van der Waals surface area contributed by atoms with Crippen molar-refractivity contribution in [2.45, 2.75) is 12.8 Å². The number of carbonyl (C=O) groups is 1. The van der Waals surface area contributed by atoms with E-state index in [0.29, 0.717) is 17.6 Å². The maximum atomic E-state index is 11.0. The minimum atomic E-state index is 0.258. The number of ketones is 1. The maximum absolute atomic E-state index is 11.0. The van der Waals surface area contributed by atoms with Crippen LogP contribution >= 0.6 is 11.6 Å². The highest BCUT2D eigenvalue weighted by Crippen LogP contribution is 2.43. The maximum Gasteiger partial charge on any atom is 0.140 e. The predicted octanol–water partition coefficient (Wildman–Crippen LogP) is 1.76. The van der Waals surface area contributed by atoms with E-state index in [9.17, 15) is 4.79 Å². The molecule has 2 heteroatoms. The van der Waals surface area contributed by atoms with Crippen LogP contribution in [0.3, 0.4) is 0 Å². The molecule has 0 radical (unpaired) electrons. The summed E-state index contributed by atoms with van der Waals surface area (Å²) in [5.41, 5.74) is 1.29. The predicted molar refractivity (Wildman–Crippen MR) is 40.0 cm³/mol. The first-order valence-electron chi connectivity index (χ1n) is 3.62. The van der Waals surface area contributed by atoms with Gasteiger partial charge in [0.15, 0.2) is 0 Å². The molecular formula is C8H9ClO. The molecule has 0 bridgehead atoms. The van der Waals surface area contributed by atoms with Gasteiger partial charge in [-0.25, -0.2) is 0 Å². The van der Waals surface area contributed by atoms with Crippen LogP contribution in [-0.4, -0.2) is 11.7 Å². The third kappa shape index (κ3) is 0.671. The Morgan fingerprint density at radius 2 is 2.50 bits per heavy atom. The van der Waals surface area contributed by atoms with Gasteiger partial charge in [-0.05, 0) is 12.3 Å². The molecule has 1 nitrogen and oxygen atoms in total. The van der Waals surface area contributed by atoms with Crippen molar-refractivity contribution < 1.29 is 4.79 Å². The van der Waals surface area contributed by atoms with Crippen LogP contribution in [0.1, 0.15) is 12.8 Å². The van der Waals surface area contributed by atoms with Crippen molar-refractivity contribution in [3.05, 3.63) is 11.6 Å². The van der Waals surface area contributed by atoms with Gasteiger partial charge in [0.1, 0.15) is 5.78 Å². The first-order valence-corrected chi connectivity index (χ1v) is 4.15. The molecule has 1 fully saturated rings. The van der Waals surface area contributed by atoms with Gasteiger partial charge in [-0.15, -0.1) is 11.6 Å². The Balaban J connectivity index is 2.17. The lowest BCUT2D eigenvalue weighted by Crippen LogP contribution is -2.24. The fourth-order valence-corrected chi connectivity index (χ4v) is 2.16. The summed E-state index contributed by atoms with van der Waals surface area (Å²) in [6.45, 7) is 0. The van der Waals surface area contributed by atoms with Gasteiger partial charge in [-0.3, -0.25) is 4.79 Å². The molecule has 0 spiro atoms. The van der Waals surface area contributed by atoms with E-state index in [0.717, 1.165) is 12.8 Å². The van der Waals surface area contributed by atoms with Gasteiger partial charge in [0.25, 0.3) is 0 Å². The third-order valence-corrected chi connectivity index (χ3v) is 2.84. The quantitative estimate of drug-likeness (QED) is 0.418. The zero-order valence-corrected chi connectivity index (χ0v) is 6.40. The molecule has 0 aliphatic heterocycles. The van der Waals surface area contributed by atoms with Crippen LogP contribution in [0.25, 0.3) is 0 Å². The summed E-state index contributed by atoms with van der Waals surface area (Å²) >= 11 is 5.64. The second-order valence-electron chi connectivity index (χ2n) is 3.01. The summed E-state index contributed by atoms with van der Waals surface area (Å²) in [4.78, 5) is 11.0. The van der Waals surface area contributed by atoms with E-state index in [2.05, 4.69) is 0 Å². The van der Waals surface area contributed by atoms with Crippen molar-refractivity contribution in [2.75, 3.05) is 5.88 Å². The summed E-state index contributed by atoms with van der Waals surface area (Å²) in [6.07, 6.45) is 3.85. The van der Waals surface area contributed by atoms with Gasteiger partial charge in [-0.1, -0.05) is 11.6 Å². The minimum absolute atomic E-state index is 0.258. The Kier molecular flexibility index (Phi) is 1.34. The van der Waals surface area contributed by atoms with Crippen LogP contribution in [0, 0.1) is 11.8 Å². The minimum Gasteiger partial charge on any atom is -0.299 e. The monoisotopic (exact) mass is 156 g/mol. The van der Waals surface area contributed by atoms with E-state index in [-0.39, 0.29) is 5.92 Å². The molecule has 2 rings (SSSR count). The molecule has 0 N–H and O–H groups in total. The van der Waals surface area contributed by atoms with Crippen molar-refractivity contribution >= 4 is 17.4 Å². The number of alkyl halides is 1. The Bertz CT molecular complexity index is 207. The summed E-state index contributed by atoms with van der Waals surface area (Å²) in [5, 5.41) is 0. The largest absolute Gasteiger partial charge is 0.299 e. The summed E-state index contributed by atoms with van der Waals surface area (Å²) in [7, 11) is 0. The molecule has 0 aromatic carbocycles. The normalized spacial score (nSPS) is 36.9. The number of halogens is 1. The Morgan fingerprint density at radius 3 is 3.10 bits per heavy atom. The molecule has 10 heavy (non-hydrogen) atoms. The van der Waals surface area contributed by atoms with E-state index in [1.165, 1.54) is 5.57 Å². The van der Waals surface area contributed by atoms with Crippen molar-refractivity contribution in [1.29, 1.82) is 0 Å². The van der Waals surface area contributed by atoms with E-state index >= 15 is 0 Å². The number of allylic oxidation sites excluding steroid dienone is 2. The molecular weight excluding hydrogens is 148 g/mol. The third-order valence-electron chi connectivity index (χ3n) is 2.53. The Hall–Kier alpha value is -0.300. The summed E-state index contributed by atoms with van der Waals surface area (Å²) < 4.78 is 0. The molecule has 2 aliphatic rings. The topological polar surface area (TPSA) is 17.1 Å². The van der Waals surface area contributed by atoms with E-state index in [4.69, 9.17) is 11.6 Å². The zero-order chi connectivity index (χ0) is 7.14. The van der Waals surface area contributed by atoms with Crippen molar-refractivity contribution in [2.24, 2.45) is 11.8 Å². The highest BCUT2D eigenvalue weighted by atomic mass is 35.5. The average Bonchev–Trinajstić information content (AvgIpc) is 2.10. The van der Waals surface area contributed by atoms with Gasteiger partial charge >= 0.3 is 0 Å². The highest BCUT2D eigenvalue weighted by Gasteiger charge is 2.41.